The maximum Gasteiger partial charge on any atom is 0.251 e. The third-order valence-electron chi connectivity index (χ3n) is 5.17. The zero-order valence-electron chi connectivity index (χ0n) is 16.1. The van der Waals surface area contributed by atoms with E-state index in [9.17, 15) is 4.79 Å². The number of amides is 1. The van der Waals surface area contributed by atoms with Gasteiger partial charge in [-0.3, -0.25) is 4.79 Å². The summed E-state index contributed by atoms with van der Waals surface area (Å²) in [5.74, 6) is 0.882. The number of hydrogen-bond acceptors (Lipinski definition) is 5. The van der Waals surface area contributed by atoms with Gasteiger partial charge in [-0.15, -0.1) is 23.7 Å². The zero-order valence-corrected chi connectivity index (χ0v) is 17.8. The summed E-state index contributed by atoms with van der Waals surface area (Å²) in [5.41, 5.74) is 9.95. The molecule has 0 saturated carbocycles. The first kappa shape index (κ1) is 20.4. The standard InChI is InChI=1S/C21H22N2O3S.ClH/c1-11-17(20(22)24)18(12-8-13(25-2)10-14(9-12)26-3)19-15-6-4-5-7-16(15)27-21(19)23-11;/h8-10H,4-7H2,1-3H3,(H2,22,24);1H. The van der Waals surface area contributed by atoms with Crippen molar-refractivity contribution in [2.75, 3.05) is 14.2 Å². The molecule has 5 nitrogen and oxygen atoms in total. The monoisotopic (exact) mass is 418 g/mol. The van der Waals surface area contributed by atoms with E-state index in [0.29, 0.717) is 22.8 Å². The van der Waals surface area contributed by atoms with Crippen LogP contribution >= 0.6 is 23.7 Å². The average Bonchev–Trinajstić information content (AvgIpc) is 3.03. The highest BCUT2D eigenvalue weighted by Gasteiger charge is 2.26. The van der Waals surface area contributed by atoms with Crippen LogP contribution in [0, 0.1) is 6.92 Å². The minimum absolute atomic E-state index is 0. The second-order valence-corrected chi connectivity index (χ2v) is 7.89. The number of pyridine rings is 1. The SMILES string of the molecule is COc1cc(OC)cc(-c2c(C(N)=O)c(C)nc3sc4c(c23)CCCC4)c1.Cl. The molecule has 0 spiro atoms. The number of aryl methyl sites for hydroxylation is 3. The third kappa shape index (κ3) is 3.31. The molecule has 2 N–H and O–H groups in total. The molecule has 0 saturated heterocycles. The number of ether oxygens (including phenoxy) is 2. The largest absolute Gasteiger partial charge is 0.497 e. The number of benzene rings is 1. The van der Waals surface area contributed by atoms with Crippen LogP contribution in [0.5, 0.6) is 11.5 Å². The number of nitrogens with zero attached hydrogens (tertiary/aromatic N) is 1. The van der Waals surface area contributed by atoms with Crippen molar-refractivity contribution in [2.45, 2.75) is 32.6 Å². The van der Waals surface area contributed by atoms with Crippen molar-refractivity contribution in [2.24, 2.45) is 5.73 Å². The van der Waals surface area contributed by atoms with Crippen LogP contribution in [-0.4, -0.2) is 25.1 Å². The van der Waals surface area contributed by atoms with Gasteiger partial charge in [0.25, 0.3) is 5.91 Å². The number of primary amides is 1. The number of nitrogens with two attached hydrogens (primary N) is 1. The van der Waals surface area contributed by atoms with Crippen molar-refractivity contribution >= 4 is 39.9 Å². The first-order valence-electron chi connectivity index (χ1n) is 9.01. The van der Waals surface area contributed by atoms with Gasteiger partial charge in [0.2, 0.25) is 0 Å². The second-order valence-electron chi connectivity index (χ2n) is 6.80. The van der Waals surface area contributed by atoms with Crippen molar-refractivity contribution in [3.05, 3.63) is 39.9 Å². The number of halogens is 1. The van der Waals surface area contributed by atoms with Crippen LogP contribution in [0.2, 0.25) is 0 Å². The van der Waals surface area contributed by atoms with E-state index in [-0.39, 0.29) is 12.4 Å². The number of aromatic nitrogens is 1. The van der Waals surface area contributed by atoms with Gasteiger partial charge in [-0.1, -0.05) is 0 Å². The molecular weight excluding hydrogens is 396 g/mol. The van der Waals surface area contributed by atoms with Gasteiger partial charge in [-0.05, 0) is 55.9 Å². The number of methoxy groups -OCH3 is 2. The molecule has 1 amide bonds. The molecule has 0 aliphatic heterocycles. The van der Waals surface area contributed by atoms with E-state index in [4.69, 9.17) is 20.2 Å². The fourth-order valence-corrected chi connectivity index (χ4v) is 5.26. The van der Waals surface area contributed by atoms with Crippen LogP contribution in [0.25, 0.3) is 21.3 Å². The van der Waals surface area contributed by atoms with E-state index >= 15 is 0 Å². The minimum Gasteiger partial charge on any atom is -0.497 e. The van der Waals surface area contributed by atoms with E-state index in [0.717, 1.165) is 40.6 Å². The van der Waals surface area contributed by atoms with Gasteiger partial charge >= 0.3 is 0 Å². The summed E-state index contributed by atoms with van der Waals surface area (Å²) in [5, 5.41) is 1.06. The van der Waals surface area contributed by atoms with Crippen LogP contribution in [0.15, 0.2) is 18.2 Å². The first-order chi connectivity index (χ1) is 13.0. The molecule has 7 heteroatoms. The lowest BCUT2D eigenvalue weighted by Crippen LogP contribution is -2.15. The number of hydrogen-bond donors (Lipinski definition) is 1. The van der Waals surface area contributed by atoms with E-state index in [2.05, 4.69) is 0 Å². The molecule has 28 heavy (non-hydrogen) atoms. The smallest absolute Gasteiger partial charge is 0.251 e. The van der Waals surface area contributed by atoms with Crippen molar-refractivity contribution in [1.29, 1.82) is 0 Å². The highest BCUT2D eigenvalue weighted by molar-refractivity contribution is 7.19. The van der Waals surface area contributed by atoms with E-state index in [1.165, 1.54) is 16.9 Å². The topological polar surface area (TPSA) is 74.4 Å². The molecule has 0 radical (unpaired) electrons. The Labute approximate surface area is 174 Å². The van der Waals surface area contributed by atoms with Gasteiger partial charge in [0.15, 0.2) is 0 Å². The summed E-state index contributed by atoms with van der Waals surface area (Å²) in [7, 11) is 3.24. The molecular formula is C21H23ClN2O3S. The Morgan fingerprint density at radius 2 is 1.75 bits per heavy atom. The number of rotatable bonds is 4. The molecule has 3 aromatic rings. The van der Waals surface area contributed by atoms with Crippen molar-refractivity contribution in [1.82, 2.24) is 4.98 Å². The van der Waals surface area contributed by atoms with Gasteiger partial charge in [-0.2, -0.15) is 0 Å². The molecule has 4 rings (SSSR count). The lowest BCUT2D eigenvalue weighted by molar-refractivity contribution is 0.1000. The Bertz CT molecular complexity index is 1040. The summed E-state index contributed by atoms with van der Waals surface area (Å²) >= 11 is 1.74. The predicted molar refractivity (Wildman–Crippen MR) is 115 cm³/mol. The average molecular weight is 419 g/mol. The Morgan fingerprint density at radius 3 is 2.36 bits per heavy atom. The minimum atomic E-state index is -0.463. The highest BCUT2D eigenvalue weighted by Crippen LogP contribution is 2.44. The number of thiophene rings is 1. The Morgan fingerprint density at radius 1 is 1.11 bits per heavy atom. The summed E-state index contributed by atoms with van der Waals surface area (Å²) in [6.45, 7) is 1.85. The van der Waals surface area contributed by atoms with E-state index in [1.54, 1.807) is 25.6 Å². The summed E-state index contributed by atoms with van der Waals surface area (Å²) in [6, 6.07) is 5.67. The quantitative estimate of drug-likeness (QED) is 0.667. The Kier molecular flexibility index (Phi) is 5.82. The molecule has 1 aliphatic rings. The lowest BCUT2D eigenvalue weighted by atomic mass is 9.89. The molecule has 0 bridgehead atoms. The van der Waals surface area contributed by atoms with Gasteiger partial charge in [0.1, 0.15) is 16.3 Å². The van der Waals surface area contributed by atoms with Crippen LogP contribution < -0.4 is 15.2 Å². The van der Waals surface area contributed by atoms with Crippen molar-refractivity contribution in [3.63, 3.8) is 0 Å². The summed E-state index contributed by atoms with van der Waals surface area (Å²) in [4.78, 5) is 19.5. The van der Waals surface area contributed by atoms with Crippen LogP contribution in [0.1, 0.15) is 39.3 Å². The maximum atomic E-state index is 12.4. The van der Waals surface area contributed by atoms with Crippen molar-refractivity contribution in [3.8, 4) is 22.6 Å². The fourth-order valence-electron chi connectivity index (χ4n) is 3.94. The molecule has 1 aliphatic carbocycles. The summed E-state index contributed by atoms with van der Waals surface area (Å²) < 4.78 is 10.9. The molecule has 0 unspecified atom stereocenters. The van der Waals surface area contributed by atoms with Gasteiger partial charge in [-0.25, -0.2) is 4.98 Å². The summed E-state index contributed by atoms with van der Waals surface area (Å²) in [6.07, 6.45) is 4.43. The Hall–Kier alpha value is -2.31. The van der Waals surface area contributed by atoms with Gasteiger partial charge in [0, 0.05) is 21.9 Å². The van der Waals surface area contributed by atoms with E-state index < -0.39 is 5.91 Å². The molecule has 0 atom stereocenters. The lowest BCUT2D eigenvalue weighted by Gasteiger charge is -2.16. The number of carbonyl (C=O) groups is 1. The van der Waals surface area contributed by atoms with E-state index in [1.807, 2.05) is 25.1 Å². The normalized spacial score (nSPS) is 13.0. The first-order valence-corrected chi connectivity index (χ1v) is 9.83. The Balaban J connectivity index is 0.00000225. The molecule has 2 heterocycles. The molecule has 1 aromatic carbocycles. The molecule has 0 fully saturated rings. The van der Waals surface area contributed by atoms with Crippen LogP contribution in [-0.2, 0) is 12.8 Å². The van der Waals surface area contributed by atoms with Gasteiger partial charge in [0.05, 0.1) is 25.5 Å². The predicted octanol–water partition coefficient (Wildman–Crippen LogP) is 4.69. The number of fused-ring (bicyclic) bond motifs is 3. The second kappa shape index (κ2) is 7.97. The third-order valence-corrected chi connectivity index (χ3v) is 6.36. The van der Waals surface area contributed by atoms with Crippen LogP contribution in [0.3, 0.4) is 0 Å². The highest BCUT2D eigenvalue weighted by atomic mass is 35.5. The molecule has 2 aromatic heterocycles. The van der Waals surface area contributed by atoms with Crippen molar-refractivity contribution < 1.29 is 14.3 Å². The van der Waals surface area contributed by atoms with Gasteiger partial charge < -0.3 is 15.2 Å². The fraction of sp³-hybridized carbons (Fsp3) is 0.333. The van der Waals surface area contributed by atoms with Crippen LogP contribution in [0.4, 0.5) is 0 Å². The molecule has 148 valence electrons. The number of carbonyl (C=O) groups excluding carboxylic acids is 1. The zero-order chi connectivity index (χ0) is 19.1. The maximum absolute atomic E-state index is 12.4.